The Bertz CT molecular complexity index is 565. The van der Waals surface area contributed by atoms with Crippen molar-refractivity contribution in [2.75, 3.05) is 27.1 Å². The molecule has 1 aromatic carbocycles. The third-order valence-corrected chi connectivity index (χ3v) is 4.80. The van der Waals surface area contributed by atoms with Crippen molar-refractivity contribution in [3.63, 3.8) is 0 Å². The van der Waals surface area contributed by atoms with E-state index in [0.29, 0.717) is 13.3 Å². The maximum absolute atomic E-state index is 5.99. The minimum atomic E-state index is -1.62. The molecule has 10 heteroatoms. The van der Waals surface area contributed by atoms with Gasteiger partial charge in [-0.1, -0.05) is 87.8 Å². The molecule has 134 valence electrons. The normalized spacial score (nSPS) is 18.4. The highest BCUT2D eigenvalue weighted by molar-refractivity contribution is 6.67. The highest BCUT2D eigenvalue weighted by Crippen LogP contribution is 2.38. The molecule has 1 aliphatic rings. The number of alkyl halides is 6. The molecule has 2 rings (SSSR count). The molecule has 0 aliphatic carbocycles. The van der Waals surface area contributed by atoms with Crippen LogP contribution in [0.2, 0.25) is 0 Å². The molecule has 0 radical (unpaired) electrons. The van der Waals surface area contributed by atoms with Gasteiger partial charge in [-0.25, -0.2) is 9.80 Å². The fraction of sp³-hybridized carbons (Fsp3) is 0.429. The van der Waals surface area contributed by atoms with Crippen LogP contribution in [0, 0.1) is 0 Å². The van der Waals surface area contributed by atoms with Gasteiger partial charge in [0, 0.05) is 11.8 Å². The van der Waals surface area contributed by atoms with Crippen LogP contribution in [0.1, 0.15) is 5.56 Å². The van der Waals surface area contributed by atoms with Crippen LogP contribution >= 0.6 is 69.6 Å². The second-order valence-corrected chi connectivity index (χ2v) is 9.53. The summed E-state index contributed by atoms with van der Waals surface area (Å²) in [6.07, 6.45) is 3.72. The molecule has 24 heavy (non-hydrogen) atoms. The standard InChI is InChI=1S/C14H15Cl6N3O/c1-24-12-5-3-2-4-11(12)6-7-21-8-22(13(15,16)17)10-23(9-21)14(18,19)20/h2-7H,8-10H2,1H3. The fourth-order valence-corrected chi connectivity index (χ4v) is 2.83. The first-order valence-electron chi connectivity index (χ1n) is 6.80. The van der Waals surface area contributed by atoms with Gasteiger partial charge in [0.2, 0.25) is 7.83 Å². The molecule has 0 N–H and O–H groups in total. The zero-order chi connectivity index (χ0) is 18.0. The van der Waals surface area contributed by atoms with Crippen LogP contribution in [0.25, 0.3) is 6.08 Å². The maximum Gasteiger partial charge on any atom is 0.250 e. The Balaban J connectivity index is 2.20. The number of para-hydroxylation sites is 1. The highest BCUT2D eigenvalue weighted by Gasteiger charge is 2.41. The van der Waals surface area contributed by atoms with Crippen LogP contribution in [-0.4, -0.2) is 49.6 Å². The number of rotatable bonds is 3. The lowest BCUT2D eigenvalue weighted by molar-refractivity contribution is -0.00902. The van der Waals surface area contributed by atoms with E-state index in [1.807, 2.05) is 41.4 Å². The number of ether oxygens (including phenoxy) is 1. The first-order chi connectivity index (χ1) is 11.1. The SMILES string of the molecule is COc1ccccc1C=CN1CN(C(Cl)(Cl)Cl)CN(C(Cl)(Cl)Cl)C1. The average molecular weight is 454 g/mol. The van der Waals surface area contributed by atoms with Gasteiger partial charge in [-0.3, -0.25) is 0 Å². The molecule has 1 aromatic rings. The minimum absolute atomic E-state index is 0.200. The van der Waals surface area contributed by atoms with Crippen molar-refractivity contribution in [1.29, 1.82) is 0 Å². The predicted molar refractivity (Wildman–Crippen MR) is 103 cm³/mol. The summed E-state index contributed by atoms with van der Waals surface area (Å²) < 4.78 is 2.08. The van der Waals surface area contributed by atoms with Gasteiger partial charge in [0.05, 0.1) is 27.1 Å². The van der Waals surface area contributed by atoms with Gasteiger partial charge in [-0.2, -0.15) is 0 Å². The summed E-state index contributed by atoms with van der Waals surface area (Å²) in [6.45, 7) is 0.921. The van der Waals surface area contributed by atoms with E-state index in [9.17, 15) is 0 Å². The summed E-state index contributed by atoms with van der Waals surface area (Å²) >= 11 is 35.9. The Morgan fingerprint density at radius 3 is 1.96 bits per heavy atom. The Morgan fingerprint density at radius 1 is 0.917 bits per heavy atom. The van der Waals surface area contributed by atoms with E-state index in [-0.39, 0.29) is 6.67 Å². The highest BCUT2D eigenvalue weighted by atomic mass is 35.6. The van der Waals surface area contributed by atoms with Crippen LogP contribution in [0.4, 0.5) is 0 Å². The lowest BCUT2D eigenvalue weighted by Gasteiger charge is -2.46. The van der Waals surface area contributed by atoms with E-state index in [2.05, 4.69) is 0 Å². The van der Waals surface area contributed by atoms with E-state index in [0.717, 1.165) is 11.3 Å². The summed E-state index contributed by atoms with van der Waals surface area (Å²) in [7, 11) is 1.61. The van der Waals surface area contributed by atoms with Gasteiger partial charge in [-0.05, 0) is 12.1 Å². The largest absolute Gasteiger partial charge is 0.496 e. The topological polar surface area (TPSA) is 19.0 Å². The molecule has 0 spiro atoms. The number of halogens is 6. The van der Waals surface area contributed by atoms with Gasteiger partial charge < -0.3 is 9.64 Å². The van der Waals surface area contributed by atoms with Crippen LogP contribution in [-0.2, 0) is 0 Å². The average Bonchev–Trinajstić information content (AvgIpc) is 2.51. The first-order valence-corrected chi connectivity index (χ1v) is 9.07. The molecular formula is C14H15Cl6N3O. The third-order valence-electron chi connectivity index (χ3n) is 3.37. The van der Waals surface area contributed by atoms with Gasteiger partial charge >= 0.3 is 0 Å². The summed E-state index contributed by atoms with van der Waals surface area (Å²) in [4.78, 5) is 4.96. The molecule has 1 heterocycles. The van der Waals surface area contributed by atoms with Crippen molar-refractivity contribution >= 4 is 75.7 Å². The monoisotopic (exact) mass is 451 g/mol. The summed E-state index contributed by atoms with van der Waals surface area (Å²) in [5, 5.41) is 0. The second-order valence-electron chi connectivity index (χ2n) is 5.09. The fourth-order valence-electron chi connectivity index (χ4n) is 2.18. The number of hydrogen-bond acceptors (Lipinski definition) is 4. The lowest BCUT2D eigenvalue weighted by Crippen LogP contribution is -2.59. The Labute approximate surface area is 171 Å². The zero-order valence-electron chi connectivity index (χ0n) is 12.6. The van der Waals surface area contributed by atoms with Crippen molar-refractivity contribution in [3.05, 3.63) is 36.0 Å². The molecule has 0 saturated carbocycles. The summed E-state index contributed by atoms with van der Waals surface area (Å²) in [5.41, 5.74) is 0.909. The van der Waals surface area contributed by atoms with E-state index >= 15 is 0 Å². The maximum atomic E-state index is 5.99. The number of benzene rings is 1. The molecule has 1 aliphatic heterocycles. The first kappa shape index (κ1) is 20.5. The molecule has 0 atom stereocenters. The molecule has 1 fully saturated rings. The molecule has 1 saturated heterocycles. The minimum Gasteiger partial charge on any atom is -0.496 e. The second kappa shape index (κ2) is 8.28. The smallest absolute Gasteiger partial charge is 0.250 e. The van der Waals surface area contributed by atoms with Crippen LogP contribution in [0.3, 0.4) is 0 Å². The van der Waals surface area contributed by atoms with Gasteiger partial charge in [0.25, 0.3) is 0 Å². The van der Waals surface area contributed by atoms with E-state index in [1.165, 1.54) is 0 Å². The number of methoxy groups -OCH3 is 1. The van der Waals surface area contributed by atoms with Crippen LogP contribution < -0.4 is 4.74 Å². The van der Waals surface area contributed by atoms with Gasteiger partial charge in [-0.15, -0.1) is 0 Å². The van der Waals surface area contributed by atoms with Crippen LogP contribution in [0.5, 0.6) is 5.75 Å². The van der Waals surface area contributed by atoms with E-state index < -0.39 is 7.83 Å². The van der Waals surface area contributed by atoms with Gasteiger partial charge in [0.1, 0.15) is 5.75 Å². The summed E-state index contributed by atoms with van der Waals surface area (Å²) in [5.74, 6) is 0.752. The van der Waals surface area contributed by atoms with Crippen molar-refractivity contribution in [2.24, 2.45) is 0 Å². The Morgan fingerprint density at radius 2 is 1.46 bits per heavy atom. The predicted octanol–water partition coefficient (Wildman–Crippen LogP) is 5.11. The summed E-state index contributed by atoms with van der Waals surface area (Å²) in [6, 6.07) is 7.61. The van der Waals surface area contributed by atoms with E-state index in [1.54, 1.807) is 16.9 Å². The molecular weight excluding hydrogens is 439 g/mol. The Kier molecular flexibility index (Phi) is 7.08. The quantitative estimate of drug-likeness (QED) is 0.467. The number of hydrogen-bond donors (Lipinski definition) is 0. The molecule has 0 aromatic heterocycles. The van der Waals surface area contributed by atoms with Crippen molar-refractivity contribution in [2.45, 2.75) is 7.83 Å². The molecule has 4 nitrogen and oxygen atoms in total. The number of nitrogens with zero attached hydrogens (tertiary/aromatic N) is 3. The van der Waals surface area contributed by atoms with Crippen molar-refractivity contribution in [1.82, 2.24) is 14.7 Å². The van der Waals surface area contributed by atoms with Crippen molar-refractivity contribution in [3.8, 4) is 5.75 Å². The zero-order valence-corrected chi connectivity index (χ0v) is 17.1. The molecule has 0 amide bonds. The van der Waals surface area contributed by atoms with E-state index in [4.69, 9.17) is 74.3 Å². The molecule has 0 bridgehead atoms. The van der Waals surface area contributed by atoms with Crippen LogP contribution in [0.15, 0.2) is 30.5 Å². The molecule has 0 unspecified atom stereocenters. The van der Waals surface area contributed by atoms with Gasteiger partial charge in [0.15, 0.2) is 0 Å². The van der Waals surface area contributed by atoms with Crippen molar-refractivity contribution < 1.29 is 4.74 Å². The Hall–Kier alpha value is 0.220. The third kappa shape index (κ3) is 5.61. The lowest BCUT2D eigenvalue weighted by atomic mass is 10.2.